The Balaban J connectivity index is 2.37. The Hall–Kier alpha value is -2.07. The van der Waals surface area contributed by atoms with Crippen LogP contribution in [0.2, 0.25) is 0 Å². The van der Waals surface area contributed by atoms with E-state index in [1.54, 1.807) is 45.2 Å². The van der Waals surface area contributed by atoms with E-state index in [4.69, 9.17) is 4.74 Å². The van der Waals surface area contributed by atoms with Crippen LogP contribution in [0.15, 0.2) is 41.7 Å². The minimum absolute atomic E-state index is 0.0786. The highest BCUT2D eigenvalue weighted by molar-refractivity contribution is 5.99. The molecule has 4 heteroatoms. The maximum atomic E-state index is 12.3. The summed E-state index contributed by atoms with van der Waals surface area (Å²) in [5.74, 6) is 0.476. The summed E-state index contributed by atoms with van der Waals surface area (Å²) in [6.45, 7) is 5.51. The predicted molar refractivity (Wildman–Crippen MR) is 82.9 cm³/mol. The van der Waals surface area contributed by atoms with Crippen LogP contribution in [0, 0.1) is 5.41 Å². The van der Waals surface area contributed by atoms with Crippen LogP contribution in [0.1, 0.15) is 38.0 Å². The van der Waals surface area contributed by atoms with Gasteiger partial charge in [-0.25, -0.2) is 0 Å². The van der Waals surface area contributed by atoms with E-state index in [0.29, 0.717) is 16.9 Å². The first kappa shape index (κ1) is 14.9. The van der Waals surface area contributed by atoms with Gasteiger partial charge in [0.15, 0.2) is 5.78 Å². The molecule has 0 saturated carbocycles. The molecule has 0 heterocycles. The van der Waals surface area contributed by atoms with E-state index in [9.17, 15) is 15.0 Å². The van der Waals surface area contributed by atoms with Gasteiger partial charge in [0.05, 0.1) is 12.5 Å². The van der Waals surface area contributed by atoms with E-state index < -0.39 is 16.9 Å². The lowest BCUT2D eigenvalue weighted by Gasteiger charge is -2.46. The van der Waals surface area contributed by atoms with Gasteiger partial charge in [-0.2, -0.15) is 0 Å². The molecule has 0 aromatic heterocycles. The summed E-state index contributed by atoms with van der Waals surface area (Å²) in [6, 6.07) is 5.38. The molecule has 116 valence electrons. The van der Waals surface area contributed by atoms with Gasteiger partial charge >= 0.3 is 0 Å². The number of methoxy groups -OCH3 is 1. The normalized spacial score (nSPS) is 29.1. The molecule has 2 atom stereocenters. The minimum Gasteiger partial charge on any atom is -0.509 e. The summed E-state index contributed by atoms with van der Waals surface area (Å²) >= 11 is 0. The number of ether oxygens (including phenoxy) is 1. The standard InChI is InChI=1S/C18H20O4/c1-17(2)13(19)7-8-18(3)12-9-10(22-4)5-6-11(12)14(20)15(21)16(17)18/h5-9,14,20-21H,1-4H3/t14?,18-/m0/s1. The van der Waals surface area contributed by atoms with E-state index in [1.165, 1.54) is 0 Å². The monoisotopic (exact) mass is 300 g/mol. The zero-order valence-electron chi connectivity index (χ0n) is 13.2. The lowest BCUT2D eigenvalue weighted by molar-refractivity contribution is -0.121. The van der Waals surface area contributed by atoms with Gasteiger partial charge in [0, 0.05) is 5.41 Å². The number of hydrogen-bond donors (Lipinski definition) is 2. The van der Waals surface area contributed by atoms with E-state index in [-0.39, 0.29) is 11.5 Å². The van der Waals surface area contributed by atoms with Gasteiger partial charge in [0.25, 0.3) is 0 Å². The van der Waals surface area contributed by atoms with Gasteiger partial charge in [-0.05, 0) is 55.7 Å². The van der Waals surface area contributed by atoms with Crippen LogP contribution in [0.3, 0.4) is 0 Å². The molecule has 1 aromatic carbocycles. The highest BCUT2D eigenvalue weighted by atomic mass is 16.5. The van der Waals surface area contributed by atoms with E-state index in [0.717, 1.165) is 5.56 Å². The number of allylic oxidation sites excluding steroid dienone is 3. The molecule has 0 fully saturated rings. The summed E-state index contributed by atoms with van der Waals surface area (Å²) in [5.41, 5.74) is 0.531. The Morgan fingerprint density at radius 1 is 1.23 bits per heavy atom. The van der Waals surface area contributed by atoms with Gasteiger partial charge in [-0.15, -0.1) is 0 Å². The van der Waals surface area contributed by atoms with Crippen molar-refractivity contribution in [1.29, 1.82) is 0 Å². The van der Waals surface area contributed by atoms with Crippen molar-refractivity contribution in [3.05, 3.63) is 52.8 Å². The molecule has 2 aliphatic rings. The molecule has 0 aliphatic heterocycles. The van der Waals surface area contributed by atoms with Gasteiger partial charge in [-0.3, -0.25) is 4.79 Å². The zero-order chi connectivity index (χ0) is 16.3. The first-order valence-electron chi connectivity index (χ1n) is 7.27. The number of ketones is 1. The Labute approximate surface area is 129 Å². The molecule has 0 saturated heterocycles. The molecule has 0 bridgehead atoms. The molecule has 2 N–H and O–H groups in total. The quantitative estimate of drug-likeness (QED) is 0.836. The van der Waals surface area contributed by atoms with Crippen LogP contribution in [0.4, 0.5) is 0 Å². The van der Waals surface area contributed by atoms with Crippen molar-refractivity contribution in [1.82, 2.24) is 0 Å². The minimum atomic E-state index is -1.12. The van der Waals surface area contributed by atoms with E-state index >= 15 is 0 Å². The Morgan fingerprint density at radius 3 is 2.55 bits per heavy atom. The lowest BCUT2D eigenvalue weighted by Crippen LogP contribution is -2.44. The largest absolute Gasteiger partial charge is 0.509 e. The first-order valence-corrected chi connectivity index (χ1v) is 7.27. The van der Waals surface area contributed by atoms with Gasteiger partial charge in [-0.1, -0.05) is 12.1 Å². The van der Waals surface area contributed by atoms with Crippen molar-refractivity contribution in [2.45, 2.75) is 32.3 Å². The second-order valence-corrected chi connectivity index (χ2v) is 6.64. The zero-order valence-corrected chi connectivity index (χ0v) is 13.2. The number of rotatable bonds is 1. The number of aliphatic hydroxyl groups is 2. The van der Waals surface area contributed by atoms with Crippen LogP contribution >= 0.6 is 0 Å². The van der Waals surface area contributed by atoms with Crippen molar-refractivity contribution < 1.29 is 19.7 Å². The number of hydrogen-bond acceptors (Lipinski definition) is 4. The third-order valence-electron chi connectivity index (χ3n) is 4.96. The molecular formula is C18H20O4. The molecular weight excluding hydrogens is 280 g/mol. The molecule has 0 spiro atoms. The van der Waals surface area contributed by atoms with Crippen LogP contribution in [-0.2, 0) is 10.2 Å². The number of aliphatic hydroxyl groups excluding tert-OH is 2. The van der Waals surface area contributed by atoms with Crippen molar-refractivity contribution >= 4 is 5.78 Å². The van der Waals surface area contributed by atoms with Crippen LogP contribution in [0.25, 0.3) is 0 Å². The summed E-state index contributed by atoms with van der Waals surface area (Å²) < 4.78 is 5.29. The second-order valence-electron chi connectivity index (χ2n) is 6.64. The molecule has 0 amide bonds. The molecule has 4 nitrogen and oxygen atoms in total. The van der Waals surface area contributed by atoms with Gasteiger partial charge in [0.2, 0.25) is 0 Å². The van der Waals surface area contributed by atoms with Crippen molar-refractivity contribution in [3.63, 3.8) is 0 Å². The Morgan fingerprint density at radius 2 is 1.91 bits per heavy atom. The summed E-state index contributed by atoms with van der Waals surface area (Å²) in [5, 5.41) is 21.1. The number of benzene rings is 1. The molecule has 3 rings (SSSR count). The lowest BCUT2D eigenvalue weighted by atomic mass is 9.57. The fourth-order valence-corrected chi connectivity index (χ4v) is 3.75. The smallest absolute Gasteiger partial charge is 0.165 e. The molecule has 1 aromatic rings. The summed E-state index contributed by atoms with van der Waals surface area (Å²) in [7, 11) is 1.59. The maximum Gasteiger partial charge on any atom is 0.165 e. The fraction of sp³-hybridized carbons (Fsp3) is 0.389. The van der Waals surface area contributed by atoms with E-state index in [1.807, 2.05) is 13.0 Å². The van der Waals surface area contributed by atoms with Gasteiger partial charge in [0.1, 0.15) is 17.6 Å². The van der Waals surface area contributed by atoms with Gasteiger partial charge < -0.3 is 14.9 Å². The summed E-state index contributed by atoms with van der Waals surface area (Å²) in [4.78, 5) is 12.3. The van der Waals surface area contributed by atoms with Crippen LogP contribution in [0.5, 0.6) is 5.75 Å². The third-order valence-corrected chi connectivity index (χ3v) is 4.96. The molecule has 0 radical (unpaired) electrons. The molecule has 22 heavy (non-hydrogen) atoms. The Bertz CT molecular complexity index is 727. The fourth-order valence-electron chi connectivity index (χ4n) is 3.75. The molecule has 1 unspecified atom stereocenters. The average Bonchev–Trinajstić information content (AvgIpc) is 2.48. The number of carbonyl (C=O) groups is 1. The highest BCUT2D eigenvalue weighted by Crippen LogP contribution is 2.54. The summed E-state index contributed by atoms with van der Waals surface area (Å²) in [6.07, 6.45) is 2.25. The van der Waals surface area contributed by atoms with Crippen LogP contribution < -0.4 is 4.74 Å². The maximum absolute atomic E-state index is 12.3. The first-order chi connectivity index (χ1) is 10.2. The second kappa shape index (κ2) is 4.46. The predicted octanol–water partition coefficient (Wildman–Crippen LogP) is 2.98. The van der Waals surface area contributed by atoms with Crippen molar-refractivity contribution in [2.75, 3.05) is 7.11 Å². The van der Waals surface area contributed by atoms with E-state index in [2.05, 4.69) is 0 Å². The SMILES string of the molecule is COc1ccc2c(c1)[C@]1(C)C=CC(=O)C(C)(C)C1=C(O)C2O. The van der Waals surface area contributed by atoms with Crippen molar-refractivity contribution in [2.24, 2.45) is 5.41 Å². The van der Waals surface area contributed by atoms with Crippen molar-refractivity contribution in [3.8, 4) is 5.75 Å². The Kier molecular flexibility index (Phi) is 3.01. The molecule has 2 aliphatic carbocycles. The average molecular weight is 300 g/mol. The highest BCUT2D eigenvalue weighted by Gasteiger charge is 2.51. The van der Waals surface area contributed by atoms with Crippen LogP contribution in [-0.4, -0.2) is 23.1 Å². The number of carbonyl (C=O) groups excluding carboxylic acids is 1. The number of fused-ring (bicyclic) bond motifs is 3. The topological polar surface area (TPSA) is 66.8 Å². The third kappa shape index (κ3) is 1.70.